The molecule has 5 heteroatoms. The molecule has 1 unspecified atom stereocenters. The van der Waals surface area contributed by atoms with Gasteiger partial charge in [0.1, 0.15) is 5.78 Å². The molecule has 18 heavy (non-hydrogen) atoms. The van der Waals surface area contributed by atoms with Gasteiger partial charge in [-0.1, -0.05) is 6.92 Å². The highest BCUT2D eigenvalue weighted by molar-refractivity contribution is 5.96. The Morgan fingerprint density at radius 1 is 1.33 bits per heavy atom. The minimum absolute atomic E-state index is 0.145. The number of phenolic OH excluding ortho intramolecular Hbond substituents is 2. The van der Waals surface area contributed by atoms with Crippen molar-refractivity contribution in [2.24, 2.45) is 5.92 Å². The predicted octanol–water partition coefficient (Wildman–Crippen LogP) is 1.15. The van der Waals surface area contributed by atoms with Gasteiger partial charge in [0.05, 0.1) is 0 Å². The summed E-state index contributed by atoms with van der Waals surface area (Å²) in [5.74, 6) is -0.776. The highest BCUT2D eigenvalue weighted by Crippen LogP contribution is 2.26. The summed E-state index contributed by atoms with van der Waals surface area (Å²) in [6, 6.07) is 3.97. The van der Waals surface area contributed by atoms with E-state index in [2.05, 4.69) is 0 Å². The lowest BCUT2D eigenvalue weighted by atomic mass is 9.98. The summed E-state index contributed by atoms with van der Waals surface area (Å²) in [4.78, 5) is 25.1. The van der Waals surface area contributed by atoms with Crippen LogP contribution in [0.5, 0.6) is 11.5 Å². The van der Waals surface area contributed by atoms with Gasteiger partial charge in [-0.3, -0.25) is 9.59 Å². The van der Waals surface area contributed by atoms with Gasteiger partial charge in [-0.25, -0.2) is 0 Å². The molecule has 1 aromatic carbocycles. The summed E-state index contributed by atoms with van der Waals surface area (Å²) >= 11 is 0. The summed E-state index contributed by atoms with van der Waals surface area (Å²) in [7, 11) is 0. The number of phenols is 2. The molecule has 2 rings (SSSR count). The number of amides is 1. The fraction of sp³-hybridized carbons (Fsp3) is 0.385. The Labute approximate surface area is 105 Å². The van der Waals surface area contributed by atoms with Gasteiger partial charge in [0, 0.05) is 31.0 Å². The van der Waals surface area contributed by atoms with Crippen LogP contribution >= 0.6 is 0 Å². The molecule has 1 aliphatic heterocycles. The standard InChI is InChI=1S/C13H15NO4/c1-8-7-14(5-4-10(8)15)13(18)9-2-3-11(16)12(17)6-9/h2-3,6,8,16-17H,4-5,7H2,1H3. The Kier molecular flexibility index (Phi) is 3.23. The number of hydrogen-bond donors (Lipinski definition) is 2. The molecule has 0 bridgehead atoms. The van der Waals surface area contributed by atoms with Crippen LogP contribution in [0.15, 0.2) is 18.2 Å². The molecule has 1 heterocycles. The zero-order valence-electron chi connectivity index (χ0n) is 10.1. The fourth-order valence-electron chi connectivity index (χ4n) is 2.04. The molecular formula is C13H15NO4. The van der Waals surface area contributed by atoms with Gasteiger partial charge in [0.2, 0.25) is 0 Å². The molecule has 1 fully saturated rings. The van der Waals surface area contributed by atoms with Crippen molar-refractivity contribution in [2.75, 3.05) is 13.1 Å². The molecule has 0 radical (unpaired) electrons. The van der Waals surface area contributed by atoms with Gasteiger partial charge in [-0.15, -0.1) is 0 Å². The molecule has 1 atom stereocenters. The molecule has 5 nitrogen and oxygen atoms in total. The predicted molar refractivity (Wildman–Crippen MR) is 64.5 cm³/mol. The van der Waals surface area contributed by atoms with Crippen LogP contribution in [-0.2, 0) is 4.79 Å². The third-order valence-corrected chi connectivity index (χ3v) is 3.18. The lowest BCUT2D eigenvalue weighted by molar-refractivity contribution is -0.124. The molecule has 1 aliphatic rings. The zero-order chi connectivity index (χ0) is 13.3. The smallest absolute Gasteiger partial charge is 0.254 e. The SMILES string of the molecule is CC1CN(C(=O)c2ccc(O)c(O)c2)CCC1=O. The van der Waals surface area contributed by atoms with Crippen molar-refractivity contribution in [3.8, 4) is 11.5 Å². The normalized spacial score (nSPS) is 19.9. The first kappa shape index (κ1) is 12.4. The van der Waals surface area contributed by atoms with Crippen LogP contribution < -0.4 is 0 Å². The van der Waals surface area contributed by atoms with E-state index in [4.69, 9.17) is 0 Å². The van der Waals surface area contributed by atoms with Gasteiger partial charge < -0.3 is 15.1 Å². The number of rotatable bonds is 1. The third-order valence-electron chi connectivity index (χ3n) is 3.18. The quantitative estimate of drug-likeness (QED) is 0.732. The number of aromatic hydroxyl groups is 2. The molecule has 1 aromatic rings. The fourth-order valence-corrected chi connectivity index (χ4v) is 2.04. The maximum atomic E-state index is 12.1. The van der Waals surface area contributed by atoms with E-state index in [1.54, 1.807) is 11.8 Å². The summed E-state index contributed by atoms with van der Waals surface area (Å²) in [5.41, 5.74) is 0.312. The lowest BCUT2D eigenvalue weighted by Crippen LogP contribution is -2.43. The van der Waals surface area contributed by atoms with Gasteiger partial charge in [0.25, 0.3) is 5.91 Å². The first-order chi connectivity index (χ1) is 8.49. The van der Waals surface area contributed by atoms with Crippen molar-refractivity contribution in [3.63, 3.8) is 0 Å². The topological polar surface area (TPSA) is 77.8 Å². The van der Waals surface area contributed by atoms with Crippen molar-refractivity contribution in [1.82, 2.24) is 4.90 Å². The van der Waals surface area contributed by atoms with Crippen LogP contribution in [0.3, 0.4) is 0 Å². The largest absolute Gasteiger partial charge is 0.504 e. The molecule has 96 valence electrons. The number of carbonyl (C=O) groups is 2. The van der Waals surface area contributed by atoms with Crippen LogP contribution in [0, 0.1) is 5.92 Å². The van der Waals surface area contributed by atoms with Crippen molar-refractivity contribution in [3.05, 3.63) is 23.8 Å². The average molecular weight is 249 g/mol. The lowest BCUT2D eigenvalue weighted by Gasteiger charge is -2.30. The molecule has 0 saturated carbocycles. The van der Waals surface area contributed by atoms with Crippen molar-refractivity contribution in [1.29, 1.82) is 0 Å². The van der Waals surface area contributed by atoms with Gasteiger partial charge in [0.15, 0.2) is 11.5 Å². The number of piperidine rings is 1. The third kappa shape index (κ3) is 2.30. The Morgan fingerprint density at radius 2 is 2.06 bits per heavy atom. The second kappa shape index (κ2) is 4.68. The van der Waals surface area contributed by atoms with E-state index in [9.17, 15) is 19.8 Å². The maximum absolute atomic E-state index is 12.1. The molecule has 1 saturated heterocycles. The van der Waals surface area contributed by atoms with Crippen molar-refractivity contribution < 1.29 is 19.8 Å². The minimum Gasteiger partial charge on any atom is -0.504 e. The van der Waals surface area contributed by atoms with Crippen LogP contribution in [0.25, 0.3) is 0 Å². The highest BCUT2D eigenvalue weighted by atomic mass is 16.3. The highest BCUT2D eigenvalue weighted by Gasteiger charge is 2.27. The van der Waals surface area contributed by atoms with E-state index in [1.165, 1.54) is 18.2 Å². The molecular weight excluding hydrogens is 234 g/mol. The number of likely N-dealkylation sites (tertiary alicyclic amines) is 1. The van der Waals surface area contributed by atoms with Crippen molar-refractivity contribution in [2.45, 2.75) is 13.3 Å². The van der Waals surface area contributed by atoms with E-state index in [0.29, 0.717) is 25.1 Å². The summed E-state index contributed by atoms with van der Waals surface area (Å²) < 4.78 is 0. The summed E-state index contributed by atoms with van der Waals surface area (Å²) in [6.07, 6.45) is 0.372. The maximum Gasteiger partial charge on any atom is 0.254 e. The Morgan fingerprint density at radius 3 is 2.67 bits per heavy atom. The molecule has 0 aromatic heterocycles. The van der Waals surface area contributed by atoms with Crippen LogP contribution in [0.1, 0.15) is 23.7 Å². The number of carbonyl (C=O) groups excluding carboxylic acids is 2. The average Bonchev–Trinajstić information content (AvgIpc) is 2.35. The molecule has 0 aliphatic carbocycles. The first-order valence-corrected chi connectivity index (χ1v) is 5.83. The minimum atomic E-state index is -0.318. The van der Waals surface area contributed by atoms with Crippen molar-refractivity contribution >= 4 is 11.7 Å². The monoisotopic (exact) mass is 249 g/mol. The van der Waals surface area contributed by atoms with Gasteiger partial charge in [-0.2, -0.15) is 0 Å². The van der Waals surface area contributed by atoms with Gasteiger partial charge >= 0.3 is 0 Å². The Bertz CT molecular complexity index is 498. The van der Waals surface area contributed by atoms with Gasteiger partial charge in [-0.05, 0) is 18.2 Å². The number of benzene rings is 1. The number of Topliss-reactive ketones (excluding diaryl/α,β-unsaturated/α-hetero) is 1. The van der Waals surface area contributed by atoms with E-state index in [0.717, 1.165) is 0 Å². The number of ketones is 1. The van der Waals surface area contributed by atoms with E-state index < -0.39 is 0 Å². The first-order valence-electron chi connectivity index (χ1n) is 5.83. The van der Waals surface area contributed by atoms with E-state index in [1.807, 2.05) is 0 Å². The zero-order valence-corrected chi connectivity index (χ0v) is 10.1. The number of hydrogen-bond acceptors (Lipinski definition) is 4. The molecule has 1 amide bonds. The molecule has 0 spiro atoms. The van der Waals surface area contributed by atoms with Crippen LogP contribution in [0.4, 0.5) is 0 Å². The molecule has 2 N–H and O–H groups in total. The second-order valence-corrected chi connectivity index (χ2v) is 4.57. The second-order valence-electron chi connectivity index (χ2n) is 4.57. The Hall–Kier alpha value is -2.04. The van der Waals surface area contributed by atoms with Crippen LogP contribution in [0.2, 0.25) is 0 Å². The number of nitrogens with zero attached hydrogens (tertiary/aromatic N) is 1. The Balaban J connectivity index is 2.16. The summed E-state index contributed by atoms with van der Waals surface area (Å²) in [6.45, 7) is 2.61. The van der Waals surface area contributed by atoms with E-state index in [-0.39, 0.29) is 29.1 Å². The summed E-state index contributed by atoms with van der Waals surface area (Å²) in [5, 5.41) is 18.6. The van der Waals surface area contributed by atoms with E-state index >= 15 is 0 Å². The van der Waals surface area contributed by atoms with Crippen LogP contribution in [-0.4, -0.2) is 39.9 Å².